The van der Waals surface area contributed by atoms with Crippen LogP contribution in [0.3, 0.4) is 0 Å². The number of nitrogens with zero attached hydrogens (tertiary/aromatic N) is 1. The molecule has 1 saturated carbocycles. The zero-order valence-electron chi connectivity index (χ0n) is 10.7. The number of carbonyl (C=O) groups is 2. The van der Waals surface area contributed by atoms with Gasteiger partial charge in [0.25, 0.3) is 5.91 Å². The van der Waals surface area contributed by atoms with Gasteiger partial charge in [-0.3, -0.25) is 9.59 Å². The zero-order valence-corrected chi connectivity index (χ0v) is 10.7. The van der Waals surface area contributed by atoms with E-state index in [0.29, 0.717) is 17.3 Å². The first-order chi connectivity index (χ1) is 8.97. The van der Waals surface area contributed by atoms with Gasteiger partial charge in [0.1, 0.15) is 5.82 Å². The van der Waals surface area contributed by atoms with Crippen LogP contribution >= 0.6 is 0 Å². The number of aromatic nitrogens is 1. The first-order valence-electron chi connectivity index (χ1n) is 6.23. The summed E-state index contributed by atoms with van der Waals surface area (Å²) in [5.41, 5.74) is 6.34. The van der Waals surface area contributed by atoms with Gasteiger partial charge in [-0.05, 0) is 37.8 Å². The van der Waals surface area contributed by atoms with E-state index in [1.54, 1.807) is 19.1 Å². The third-order valence-corrected chi connectivity index (χ3v) is 3.21. The number of aliphatic carboxylic acids is 1. The molecule has 1 aromatic rings. The Bertz CT molecular complexity index is 512. The standard InChI is InChI=1S/C13H17N3O3/c1-7-2-5-9(12(14)19)13(15-7)16-10(6-11(17)18)8-3-4-8/h2,5,8,10H,3-4,6H2,1H3,(H2,14,19)(H,15,16)(H,17,18). The average Bonchev–Trinajstić information content (AvgIpc) is 3.10. The Morgan fingerprint density at radius 2 is 2.21 bits per heavy atom. The maximum absolute atomic E-state index is 11.3. The molecule has 6 nitrogen and oxygen atoms in total. The number of nitrogens with one attached hydrogen (secondary N) is 1. The molecule has 0 bridgehead atoms. The fourth-order valence-corrected chi connectivity index (χ4v) is 2.06. The van der Waals surface area contributed by atoms with Gasteiger partial charge in [-0.15, -0.1) is 0 Å². The predicted octanol–water partition coefficient (Wildman–Crippen LogP) is 1.15. The molecule has 1 amide bonds. The number of pyridine rings is 1. The highest BCUT2D eigenvalue weighted by Gasteiger charge is 2.33. The van der Waals surface area contributed by atoms with Crippen molar-refractivity contribution in [3.05, 3.63) is 23.4 Å². The molecule has 4 N–H and O–H groups in total. The van der Waals surface area contributed by atoms with Gasteiger partial charge < -0.3 is 16.2 Å². The quantitative estimate of drug-likeness (QED) is 0.714. The lowest BCUT2D eigenvalue weighted by molar-refractivity contribution is -0.137. The highest BCUT2D eigenvalue weighted by atomic mass is 16.4. The van der Waals surface area contributed by atoms with Crippen molar-refractivity contribution in [2.24, 2.45) is 11.7 Å². The summed E-state index contributed by atoms with van der Waals surface area (Å²) in [6.45, 7) is 1.80. The van der Waals surface area contributed by atoms with Crippen molar-refractivity contribution >= 4 is 17.7 Å². The molecule has 0 spiro atoms. The second-order valence-corrected chi connectivity index (χ2v) is 4.90. The number of hydrogen-bond donors (Lipinski definition) is 3. The summed E-state index contributed by atoms with van der Waals surface area (Å²) < 4.78 is 0. The van der Waals surface area contributed by atoms with Gasteiger partial charge in [0.2, 0.25) is 0 Å². The van der Waals surface area contributed by atoms with E-state index in [2.05, 4.69) is 10.3 Å². The highest BCUT2D eigenvalue weighted by Crippen LogP contribution is 2.35. The average molecular weight is 263 g/mol. The molecule has 1 aliphatic carbocycles. The van der Waals surface area contributed by atoms with Crippen molar-refractivity contribution in [1.29, 1.82) is 0 Å². The Morgan fingerprint density at radius 3 is 2.74 bits per heavy atom. The summed E-state index contributed by atoms with van der Waals surface area (Å²) in [6.07, 6.45) is 2.02. The predicted molar refractivity (Wildman–Crippen MR) is 69.9 cm³/mol. The SMILES string of the molecule is Cc1ccc(C(N)=O)c(NC(CC(=O)O)C2CC2)n1. The summed E-state index contributed by atoms with van der Waals surface area (Å²) in [5, 5.41) is 12.0. The van der Waals surface area contributed by atoms with Gasteiger partial charge in [-0.25, -0.2) is 4.98 Å². The van der Waals surface area contributed by atoms with Crippen LogP contribution in [0.4, 0.5) is 5.82 Å². The van der Waals surface area contributed by atoms with E-state index in [9.17, 15) is 9.59 Å². The molecule has 2 rings (SSSR count). The van der Waals surface area contributed by atoms with E-state index >= 15 is 0 Å². The fraction of sp³-hybridized carbons (Fsp3) is 0.462. The number of carboxylic acid groups (broad SMARTS) is 1. The highest BCUT2D eigenvalue weighted by molar-refractivity contribution is 5.97. The number of aryl methyl sites for hydroxylation is 1. The van der Waals surface area contributed by atoms with Crippen molar-refractivity contribution in [3.63, 3.8) is 0 Å². The van der Waals surface area contributed by atoms with Crippen LogP contribution in [-0.4, -0.2) is 28.0 Å². The van der Waals surface area contributed by atoms with Gasteiger partial charge in [-0.2, -0.15) is 0 Å². The van der Waals surface area contributed by atoms with Crippen molar-refractivity contribution in [1.82, 2.24) is 4.98 Å². The Morgan fingerprint density at radius 1 is 1.53 bits per heavy atom. The van der Waals surface area contributed by atoms with Gasteiger partial charge >= 0.3 is 5.97 Å². The molecule has 0 saturated heterocycles. The molecule has 1 unspecified atom stereocenters. The third kappa shape index (κ3) is 3.43. The molecule has 1 fully saturated rings. The lowest BCUT2D eigenvalue weighted by atomic mass is 10.1. The molecule has 0 radical (unpaired) electrons. The minimum atomic E-state index is -0.863. The third-order valence-electron chi connectivity index (χ3n) is 3.21. The van der Waals surface area contributed by atoms with Crippen molar-refractivity contribution < 1.29 is 14.7 Å². The van der Waals surface area contributed by atoms with Crippen LogP contribution in [0.5, 0.6) is 0 Å². The van der Waals surface area contributed by atoms with E-state index < -0.39 is 11.9 Å². The van der Waals surface area contributed by atoms with E-state index in [1.165, 1.54) is 0 Å². The first kappa shape index (κ1) is 13.3. The van der Waals surface area contributed by atoms with Crippen molar-refractivity contribution in [2.75, 3.05) is 5.32 Å². The van der Waals surface area contributed by atoms with Crippen LogP contribution in [0.2, 0.25) is 0 Å². The van der Waals surface area contributed by atoms with Gasteiger partial charge in [0.05, 0.1) is 12.0 Å². The zero-order chi connectivity index (χ0) is 14.0. The minimum Gasteiger partial charge on any atom is -0.481 e. The molecular weight excluding hydrogens is 246 g/mol. The molecule has 6 heteroatoms. The van der Waals surface area contributed by atoms with Gasteiger partial charge in [-0.1, -0.05) is 0 Å². The normalized spacial score (nSPS) is 15.8. The van der Waals surface area contributed by atoms with Crippen LogP contribution < -0.4 is 11.1 Å². The summed E-state index contributed by atoms with van der Waals surface area (Å²) in [7, 11) is 0. The minimum absolute atomic E-state index is 0.0124. The molecule has 0 aliphatic heterocycles. The number of carboxylic acids is 1. The second kappa shape index (κ2) is 5.26. The Kier molecular flexibility index (Phi) is 3.69. The van der Waals surface area contributed by atoms with E-state index in [1.807, 2.05) is 0 Å². The summed E-state index contributed by atoms with van der Waals surface area (Å²) in [6, 6.07) is 3.11. The molecule has 0 aromatic carbocycles. The van der Waals surface area contributed by atoms with Crippen LogP contribution in [0.1, 0.15) is 35.3 Å². The Hall–Kier alpha value is -2.11. The first-order valence-corrected chi connectivity index (χ1v) is 6.23. The lowest BCUT2D eigenvalue weighted by Gasteiger charge is -2.18. The van der Waals surface area contributed by atoms with Crippen LogP contribution in [-0.2, 0) is 4.79 Å². The molecule has 102 valence electrons. The van der Waals surface area contributed by atoms with Gasteiger partial charge in [0.15, 0.2) is 0 Å². The van der Waals surface area contributed by atoms with Crippen molar-refractivity contribution in [3.8, 4) is 0 Å². The van der Waals surface area contributed by atoms with E-state index in [4.69, 9.17) is 10.8 Å². The number of nitrogens with two attached hydrogens (primary N) is 1. The second-order valence-electron chi connectivity index (χ2n) is 4.90. The summed E-state index contributed by atoms with van der Waals surface area (Å²) in [5.74, 6) is -0.720. The number of carbonyl (C=O) groups excluding carboxylic acids is 1. The molecule has 1 aromatic heterocycles. The summed E-state index contributed by atoms with van der Waals surface area (Å²) in [4.78, 5) is 26.5. The van der Waals surface area contributed by atoms with E-state index in [0.717, 1.165) is 18.5 Å². The molecule has 1 aliphatic rings. The molecule has 19 heavy (non-hydrogen) atoms. The van der Waals surface area contributed by atoms with Crippen LogP contribution in [0.15, 0.2) is 12.1 Å². The number of anilines is 1. The lowest BCUT2D eigenvalue weighted by Crippen LogP contribution is -2.28. The number of hydrogen-bond acceptors (Lipinski definition) is 4. The maximum Gasteiger partial charge on any atom is 0.305 e. The molecule has 1 atom stereocenters. The smallest absolute Gasteiger partial charge is 0.305 e. The topological polar surface area (TPSA) is 105 Å². The molecule has 1 heterocycles. The monoisotopic (exact) mass is 263 g/mol. The number of rotatable bonds is 6. The van der Waals surface area contributed by atoms with Crippen LogP contribution in [0.25, 0.3) is 0 Å². The largest absolute Gasteiger partial charge is 0.481 e. The number of primary amides is 1. The Labute approximate surface area is 111 Å². The number of amides is 1. The maximum atomic E-state index is 11.3. The fourth-order valence-electron chi connectivity index (χ4n) is 2.06. The van der Waals surface area contributed by atoms with E-state index in [-0.39, 0.29) is 12.5 Å². The van der Waals surface area contributed by atoms with Crippen molar-refractivity contribution in [2.45, 2.75) is 32.2 Å². The Balaban J connectivity index is 2.22. The molecular formula is C13H17N3O3. The summed E-state index contributed by atoms with van der Waals surface area (Å²) >= 11 is 0. The van der Waals surface area contributed by atoms with Gasteiger partial charge in [0, 0.05) is 11.7 Å². The van der Waals surface area contributed by atoms with Crippen LogP contribution in [0, 0.1) is 12.8 Å².